The molecule has 6 heteroatoms. The van der Waals surface area contributed by atoms with Crippen LogP contribution in [0, 0.1) is 0 Å². The number of hydrogen-bond acceptors (Lipinski definition) is 2. The Kier molecular flexibility index (Phi) is 1.76. The average Bonchev–Trinajstić information content (AvgIpc) is 1.86. The van der Waals surface area contributed by atoms with Gasteiger partial charge in [-0.25, -0.2) is 4.99 Å². The van der Waals surface area contributed by atoms with Crippen LogP contribution in [0.2, 0.25) is 0 Å². The van der Waals surface area contributed by atoms with Gasteiger partial charge in [-0.1, -0.05) is 0 Å². The number of halogens is 3. The van der Waals surface area contributed by atoms with E-state index in [1.165, 1.54) is 0 Å². The molecule has 11 heavy (non-hydrogen) atoms. The molecule has 1 amide bonds. The fourth-order valence-electron chi connectivity index (χ4n) is 0.530. The molecule has 0 radical (unpaired) electrons. The van der Waals surface area contributed by atoms with Crippen LogP contribution in [0.25, 0.3) is 0 Å². The molecular formula is C5H3F3N2O. The fraction of sp³-hybridized carbons (Fsp3) is 0.400. The van der Waals surface area contributed by atoms with Crippen molar-refractivity contribution in [1.82, 2.24) is 0 Å². The summed E-state index contributed by atoms with van der Waals surface area (Å²) in [6, 6.07) is 0. The zero-order chi connectivity index (χ0) is 8.48. The van der Waals surface area contributed by atoms with Gasteiger partial charge in [-0.05, 0) is 0 Å². The van der Waals surface area contributed by atoms with Crippen molar-refractivity contribution in [2.45, 2.75) is 6.18 Å². The molecule has 0 fully saturated rings. The van der Waals surface area contributed by atoms with Gasteiger partial charge in [0, 0.05) is 0 Å². The minimum Gasteiger partial charge on any atom is -0.270 e. The Labute approximate surface area is 59.6 Å². The second kappa shape index (κ2) is 2.44. The van der Waals surface area contributed by atoms with Crippen LogP contribution in [0.15, 0.2) is 9.98 Å². The molecule has 0 N–H and O–H groups in total. The Balaban J connectivity index is 2.79. The van der Waals surface area contributed by atoms with Crippen LogP contribution in [0.1, 0.15) is 0 Å². The number of carbonyl (C=O) groups excluding carboxylic acids is 1. The lowest BCUT2D eigenvalue weighted by atomic mass is 10.3. The summed E-state index contributed by atoms with van der Waals surface area (Å²) in [4.78, 5) is 16.2. The van der Waals surface area contributed by atoms with Gasteiger partial charge in [0.15, 0.2) is 5.71 Å². The van der Waals surface area contributed by atoms with E-state index < -0.39 is 24.3 Å². The molecule has 0 unspecified atom stereocenters. The van der Waals surface area contributed by atoms with E-state index in [1.54, 1.807) is 0 Å². The van der Waals surface area contributed by atoms with Gasteiger partial charge in [-0.2, -0.15) is 13.2 Å². The van der Waals surface area contributed by atoms with Crippen molar-refractivity contribution in [2.75, 3.05) is 6.54 Å². The van der Waals surface area contributed by atoms with Crippen molar-refractivity contribution in [3.8, 4) is 0 Å². The highest BCUT2D eigenvalue weighted by atomic mass is 19.4. The molecule has 0 bridgehead atoms. The Morgan fingerprint density at radius 2 is 2.09 bits per heavy atom. The maximum atomic E-state index is 11.7. The van der Waals surface area contributed by atoms with Crippen molar-refractivity contribution in [1.29, 1.82) is 0 Å². The summed E-state index contributed by atoms with van der Waals surface area (Å²) in [5.41, 5.74) is -1.10. The second-order valence-electron chi connectivity index (χ2n) is 1.85. The van der Waals surface area contributed by atoms with Gasteiger partial charge in [0.25, 0.3) is 5.91 Å². The molecule has 0 spiro atoms. The first-order valence-corrected chi connectivity index (χ1v) is 2.68. The van der Waals surface area contributed by atoms with Crippen LogP contribution in [-0.2, 0) is 4.79 Å². The van der Waals surface area contributed by atoms with E-state index in [9.17, 15) is 18.0 Å². The first-order valence-electron chi connectivity index (χ1n) is 2.68. The largest absolute Gasteiger partial charge is 0.434 e. The molecule has 1 aliphatic rings. The molecule has 0 aromatic heterocycles. The number of alkyl halides is 3. The van der Waals surface area contributed by atoms with Gasteiger partial charge in [0.1, 0.15) is 6.54 Å². The van der Waals surface area contributed by atoms with Crippen LogP contribution in [0.5, 0.6) is 0 Å². The molecule has 0 atom stereocenters. The summed E-state index contributed by atoms with van der Waals surface area (Å²) in [5.74, 6) is -0.655. The van der Waals surface area contributed by atoms with Crippen molar-refractivity contribution in [2.24, 2.45) is 9.98 Å². The Bertz CT molecular complexity index is 241. The maximum Gasteiger partial charge on any atom is 0.434 e. The van der Waals surface area contributed by atoms with Crippen molar-refractivity contribution in [3.05, 3.63) is 0 Å². The zero-order valence-corrected chi connectivity index (χ0v) is 5.22. The van der Waals surface area contributed by atoms with E-state index in [0.29, 0.717) is 6.21 Å². The lowest BCUT2D eigenvalue weighted by molar-refractivity contribution is -0.116. The van der Waals surface area contributed by atoms with Crippen molar-refractivity contribution < 1.29 is 18.0 Å². The highest BCUT2D eigenvalue weighted by Gasteiger charge is 2.35. The standard InChI is InChI=1S/C5H3F3N2O/c6-5(7,8)3-1-10-4(11)2-9-3/h1H,2H2. The SMILES string of the molecule is O=C1CN=C(C(F)(F)F)C=N1. The number of rotatable bonds is 0. The van der Waals surface area contributed by atoms with Crippen LogP contribution in [0.3, 0.4) is 0 Å². The van der Waals surface area contributed by atoms with Crippen molar-refractivity contribution in [3.63, 3.8) is 0 Å². The lowest BCUT2D eigenvalue weighted by Crippen LogP contribution is -2.28. The molecule has 0 saturated carbocycles. The minimum atomic E-state index is -4.50. The average molecular weight is 164 g/mol. The second-order valence-corrected chi connectivity index (χ2v) is 1.85. The van der Waals surface area contributed by atoms with Gasteiger partial charge in [0.2, 0.25) is 0 Å². The smallest absolute Gasteiger partial charge is 0.270 e. The highest BCUT2D eigenvalue weighted by Crippen LogP contribution is 2.17. The number of aliphatic imine (C=N–C) groups is 2. The predicted octanol–water partition coefficient (Wildman–Crippen LogP) is 0.601. The molecule has 0 aromatic rings. The number of amides is 1. The number of hydrogen-bond donors (Lipinski definition) is 0. The third kappa shape index (κ3) is 1.86. The van der Waals surface area contributed by atoms with Gasteiger partial charge in [0.05, 0.1) is 6.21 Å². The molecule has 0 aromatic carbocycles. The van der Waals surface area contributed by atoms with Crippen LogP contribution in [0.4, 0.5) is 13.2 Å². The molecule has 0 aliphatic carbocycles. The molecule has 1 aliphatic heterocycles. The summed E-state index contributed by atoms with van der Waals surface area (Å²) in [5, 5.41) is 0. The van der Waals surface area contributed by atoms with E-state index in [0.717, 1.165) is 0 Å². The normalized spacial score (nSPS) is 18.5. The maximum absolute atomic E-state index is 11.7. The van der Waals surface area contributed by atoms with Crippen LogP contribution in [-0.4, -0.2) is 30.6 Å². The lowest BCUT2D eigenvalue weighted by Gasteiger charge is -2.07. The van der Waals surface area contributed by atoms with E-state index in [4.69, 9.17) is 0 Å². The van der Waals surface area contributed by atoms with Gasteiger partial charge in [-0.3, -0.25) is 9.79 Å². The van der Waals surface area contributed by atoms with E-state index >= 15 is 0 Å². The minimum absolute atomic E-state index is 0.436. The van der Waals surface area contributed by atoms with Gasteiger partial charge >= 0.3 is 6.18 Å². The molecule has 3 nitrogen and oxygen atoms in total. The van der Waals surface area contributed by atoms with Crippen LogP contribution >= 0.6 is 0 Å². The Morgan fingerprint density at radius 3 is 2.45 bits per heavy atom. The predicted molar refractivity (Wildman–Crippen MR) is 31.9 cm³/mol. The quantitative estimate of drug-likeness (QED) is 0.516. The van der Waals surface area contributed by atoms with Crippen LogP contribution < -0.4 is 0 Å². The monoisotopic (exact) mass is 164 g/mol. The molecule has 1 rings (SSSR count). The molecule has 0 saturated heterocycles. The number of nitrogens with zero attached hydrogens (tertiary/aromatic N) is 2. The summed E-state index contributed by atoms with van der Waals surface area (Å²) in [6.45, 7) is -0.509. The third-order valence-electron chi connectivity index (χ3n) is 1.01. The summed E-state index contributed by atoms with van der Waals surface area (Å²) in [7, 11) is 0. The van der Waals surface area contributed by atoms with Gasteiger partial charge < -0.3 is 0 Å². The first-order chi connectivity index (χ1) is 5.00. The first kappa shape index (κ1) is 7.90. The third-order valence-corrected chi connectivity index (χ3v) is 1.01. The van der Waals surface area contributed by atoms with Crippen molar-refractivity contribution >= 4 is 17.8 Å². The summed E-state index contributed by atoms with van der Waals surface area (Å²) >= 11 is 0. The summed E-state index contributed by atoms with van der Waals surface area (Å²) in [6.07, 6.45) is -4.06. The van der Waals surface area contributed by atoms with E-state index in [-0.39, 0.29) is 0 Å². The number of carbonyl (C=O) groups is 1. The zero-order valence-electron chi connectivity index (χ0n) is 5.22. The molecule has 60 valence electrons. The fourth-order valence-corrected chi connectivity index (χ4v) is 0.530. The Morgan fingerprint density at radius 1 is 1.45 bits per heavy atom. The Hall–Kier alpha value is -1.20. The summed E-state index contributed by atoms with van der Waals surface area (Å²) < 4.78 is 35.2. The topological polar surface area (TPSA) is 41.8 Å². The van der Waals surface area contributed by atoms with E-state index in [1.807, 2.05) is 0 Å². The van der Waals surface area contributed by atoms with E-state index in [2.05, 4.69) is 9.98 Å². The highest BCUT2D eigenvalue weighted by molar-refractivity contribution is 6.35. The molecular weight excluding hydrogens is 161 g/mol. The van der Waals surface area contributed by atoms with Gasteiger partial charge in [-0.15, -0.1) is 0 Å². The molecule has 1 heterocycles.